The van der Waals surface area contributed by atoms with Crippen molar-refractivity contribution in [2.75, 3.05) is 12.7 Å². The van der Waals surface area contributed by atoms with Gasteiger partial charge in [0.15, 0.2) is 0 Å². The molecule has 0 fully saturated rings. The van der Waals surface area contributed by atoms with Gasteiger partial charge in [-0.3, -0.25) is 9.78 Å². The smallest absolute Gasteiger partial charge is 0.252 e. The van der Waals surface area contributed by atoms with E-state index in [1.807, 2.05) is 18.5 Å². The van der Waals surface area contributed by atoms with Crippen molar-refractivity contribution in [3.63, 3.8) is 0 Å². The molecule has 0 aliphatic rings. The molecule has 0 unspecified atom stereocenters. The zero-order valence-electron chi connectivity index (χ0n) is 18.3. The third-order valence-electron chi connectivity index (χ3n) is 5.68. The van der Waals surface area contributed by atoms with Crippen molar-refractivity contribution in [1.82, 2.24) is 15.3 Å². The first-order valence-corrected chi connectivity index (χ1v) is 13.8. The number of unbranched alkanes of at least 4 members (excludes halogenated alkanes) is 1. The molecule has 0 radical (unpaired) electrons. The van der Waals surface area contributed by atoms with Gasteiger partial charge in [0, 0.05) is 18.9 Å². The van der Waals surface area contributed by atoms with Crippen LogP contribution in [-0.2, 0) is 0 Å². The Labute approximate surface area is 204 Å². The van der Waals surface area contributed by atoms with Gasteiger partial charge in [-0.2, -0.15) is 0 Å². The number of rotatable bonds is 9. The minimum Gasteiger partial charge on any atom is -0.352 e. The average molecular weight is 515 g/mol. The van der Waals surface area contributed by atoms with Crippen molar-refractivity contribution in [2.24, 2.45) is 0 Å². The molecule has 1 amide bonds. The van der Waals surface area contributed by atoms with Gasteiger partial charge in [0.1, 0.15) is 27.8 Å². The van der Waals surface area contributed by atoms with E-state index in [0.717, 1.165) is 23.6 Å². The minimum absolute atomic E-state index is 0.0885. The SMILES string of the molecule is O=C(NCCCC[P+](c1ccccc1)(c1ccccc1)c1cccnc1)c1ccc([76Br])nc1. The number of hydrogen-bond donors (Lipinski definition) is 1. The molecule has 1 N–H and O–H groups in total. The second kappa shape index (κ2) is 11.3. The second-order valence-corrected chi connectivity index (χ2v) is 12.2. The monoisotopic (exact) mass is 515 g/mol. The second-order valence-electron chi connectivity index (χ2n) is 7.75. The molecule has 33 heavy (non-hydrogen) atoms. The molecule has 6 heteroatoms. The quantitative estimate of drug-likeness (QED) is 0.199. The van der Waals surface area contributed by atoms with Crippen LogP contribution in [0.25, 0.3) is 0 Å². The Bertz CT molecular complexity index is 1060. The fourth-order valence-corrected chi connectivity index (χ4v) is 8.64. The van der Waals surface area contributed by atoms with Crippen molar-refractivity contribution >= 4 is 45.0 Å². The summed E-state index contributed by atoms with van der Waals surface area (Å²) in [6, 6.07) is 29.4. The summed E-state index contributed by atoms with van der Waals surface area (Å²) in [4.78, 5) is 21.0. The molecule has 0 aliphatic carbocycles. The van der Waals surface area contributed by atoms with Crippen molar-refractivity contribution in [1.29, 1.82) is 0 Å². The molecule has 166 valence electrons. The summed E-state index contributed by atoms with van der Waals surface area (Å²) in [7, 11) is -1.87. The fourth-order valence-electron chi connectivity index (χ4n) is 4.07. The number of amides is 1. The van der Waals surface area contributed by atoms with E-state index < -0.39 is 7.26 Å². The molecule has 0 atom stereocenters. The van der Waals surface area contributed by atoms with Crippen molar-refractivity contribution in [3.8, 4) is 0 Å². The van der Waals surface area contributed by atoms with Gasteiger partial charge in [0.2, 0.25) is 0 Å². The van der Waals surface area contributed by atoms with E-state index >= 15 is 0 Å². The summed E-state index contributed by atoms with van der Waals surface area (Å²) in [6.07, 6.45) is 8.35. The zero-order chi connectivity index (χ0) is 22.9. The molecule has 0 saturated heterocycles. The van der Waals surface area contributed by atoms with Crippen LogP contribution in [0, 0.1) is 0 Å². The summed E-state index contributed by atoms with van der Waals surface area (Å²) >= 11 is 3.30. The number of hydrogen-bond acceptors (Lipinski definition) is 3. The number of aromatic nitrogens is 2. The molecule has 0 spiro atoms. The van der Waals surface area contributed by atoms with Crippen LogP contribution in [0.1, 0.15) is 23.2 Å². The first kappa shape index (κ1) is 23.3. The lowest BCUT2D eigenvalue weighted by atomic mass is 10.2. The molecule has 2 aromatic heterocycles. The van der Waals surface area contributed by atoms with Crippen LogP contribution >= 0.6 is 23.2 Å². The highest BCUT2D eigenvalue weighted by Crippen LogP contribution is 2.55. The highest BCUT2D eigenvalue weighted by molar-refractivity contribution is 9.10. The average Bonchev–Trinajstić information content (AvgIpc) is 2.88. The fraction of sp³-hybridized carbons (Fsp3) is 0.148. The van der Waals surface area contributed by atoms with Gasteiger partial charge in [0.25, 0.3) is 5.91 Å². The lowest BCUT2D eigenvalue weighted by Crippen LogP contribution is -2.34. The lowest BCUT2D eigenvalue weighted by molar-refractivity contribution is 0.0953. The third-order valence-corrected chi connectivity index (χ3v) is 10.6. The van der Waals surface area contributed by atoms with Crippen LogP contribution in [-0.4, -0.2) is 28.6 Å². The molecular formula is C27H26BrN3OP+. The predicted octanol–water partition coefficient (Wildman–Crippen LogP) is 4.74. The number of nitrogens with zero attached hydrogens (tertiary/aromatic N) is 2. The lowest BCUT2D eigenvalue weighted by Gasteiger charge is -2.27. The van der Waals surface area contributed by atoms with Crippen LogP contribution in [0.5, 0.6) is 0 Å². The van der Waals surface area contributed by atoms with Gasteiger partial charge >= 0.3 is 0 Å². The van der Waals surface area contributed by atoms with Gasteiger partial charge in [-0.15, -0.1) is 0 Å². The number of benzene rings is 2. The van der Waals surface area contributed by atoms with Gasteiger partial charge in [-0.1, -0.05) is 36.4 Å². The molecular weight excluding hydrogens is 489 g/mol. The van der Waals surface area contributed by atoms with E-state index in [4.69, 9.17) is 0 Å². The largest absolute Gasteiger partial charge is 0.352 e. The summed E-state index contributed by atoms with van der Waals surface area (Å²) in [5, 5.41) is 7.03. The third kappa shape index (κ3) is 5.55. The Kier molecular flexibility index (Phi) is 7.98. The molecule has 0 bridgehead atoms. The molecule has 2 heterocycles. The Morgan fingerprint density at radius 3 is 2.03 bits per heavy atom. The number of halogens is 1. The Hall–Kier alpha value is -2.88. The highest BCUT2D eigenvalue weighted by Gasteiger charge is 2.44. The summed E-state index contributed by atoms with van der Waals surface area (Å²) in [5.41, 5.74) is 0.573. The molecule has 0 saturated carbocycles. The summed E-state index contributed by atoms with van der Waals surface area (Å²) in [6.45, 7) is 0.630. The minimum atomic E-state index is -1.87. The van der Waals surface area contributed by atoms with Crippen molar-refractivity contribution in [3.05, 3.63) is 114 Å². The molecule has 4 rings (SSSR count). The van der Waals surface area contributed by atoms with Gasteiger partial charge in [0.05, 0.1) is 17.9 Å². The predicted molar refractivity (Wildman–Crippen MR) is 141 cm³/mol. The summed E-state index contributed by atoms with van der Waals surface area (Å²) in [5.74, 6) is -0.0885. The van der Waals surface area contributed by atoms with E-state index in [1.165, 1.54) is 15.9 Å². The zero-order valence-corrected chi connectivity index (χ0v) is 20.8. The van der Waals surface area contributed by atoms with Crippen LogP contribution in [0.3, 0.4) is 0 Å². The standard InChI is InChI=1S/C27H25BrN3OP/c28-26-16-15-22(20-31-26)27(32)30-18-7-8-19-33(23-10-3-1-4-11-23,24-12-5-2-6-13-24)25-14-9-17-29-21-25/h1-6,9-17,20-21H,7-8,18-19H2/p+1/i28-4. The topological polar surface area (TPSA) is 54.9 Å². The van der Waals surface area contributed by atoms with Crippen LogP contribution in [0.15, 0.2) is 108 Å². The first-order valence-electron chi connectivity index (χ1n) is 11.0. The number of carbonyl (C=O) groups is 1. The van der Waals surface area contributed by atoms with Crippen molar-refractivity contribution in [2.45, 2.75) is 12.8 Å². The maximum absolute atomic E-state index is 12.4. The Balaban J connectivity index is 1.53. The molecule has 0 aliphatic heterocycles. The van der Waals surface area contributed by atoms with Gasteiger partial charge in [-0.05, 0) is 77.3 Å². The van der Waals surface area contributed by atoms with Crippen LogP contribution in [0.4, 0.5) is 0 Å². The van der Waals surface area contributed by atoms with E-state index in [1.54, 1.807) is 18.3 Å². The van der Waals surface area contributed by atoms with Crippen LogP contribution < -0.4 is 21.2 Å². The van der Waals surface area contributed by atoms with Gasteiger partial charge < -0.3 is 5.32 Å². The molecule has 2 aromatic carbocycles. The molecule has 4 nitrogen and oxygen atoms in total. The number of nitrogens with one attached hydrogen (secondary N) is 1. The number of carbonyl (C=O) groups excluding carboxylic acids is 1. The van der Waals surface area contributed by atoms with E-state index in [-0.39, 0.29) is 5.91 Å². The Morgan fingerprint density at radius 1 is 0.788 bits per heavy atom. The maximum atomic E-state index is 12.4. The van der Waals surface area contributed by atoms with Crippen molar-refractivity contribution < 1.29 is 4.79 Å². The Morgan fingerprint density at radius 2 is 1.45 bits per heavy atom. The van der Waals surface area contributed by atoms with Crippen LogP contribution in [0.2, 0.25) is 0 Å². The number of pyridine rings is 2. The summed E-state index contributed by atoms with van der Waals surface area (Å²) < 4.78 is 0.719. The maximum Gasteiger partial charge on any atom is 0.252 e. The highest BCUT2D eigenvalue weighted by atomic mass is 75.9. The first-order chi connectivity index (χ1) is 16.2. The van der Waals surface area contributed by atoms with E-state index in [9.17, 15) is 4.79 Å². The molecule has 4 aromatic rings. The van der Waals surface area contributed by atoms with Gasteiger partial charge in [-0.25, -0.2) is 4.98 Å². The normalized spacial score (nSPS) is 11.2. The van der Waals surface area contributed by atoms with E-state index in [2.05, 4.69) is 97.9 Å². The van der Waals surface area contributed by atoms with E-state index in [0.29, 0.717) is 12.1 Å².